The molecule has 3 rings (SSSR count). The van der Waals surface area contributed by atoms with E-state index in [4.69, 9.17) is 14.3 Å². The van der Waals surface area contributed by atoms with Crippen LogP contribution in [-0.4, -0.2) is 48.6 Å². The van der Waals surface area contributed by atoms with Crippen molar-refractivity contribution in [3.05, 3.63) is 36.0 Å². The van der Waals surface area contributed by atoms with E-state index in [0.717, 1.165) is 6.07 Å². The van der Waals surface area contributed by atoms with Gasteiger partial charge in [-0.1, -0.05) is 0 Å². The zero-order chi connectivity index (χ0) is 18.7. The molecule has 0 saturated carbocycles. The molecule has 1 aromatic heterocycles. The smallest absolute Gasteiger partial charge is 0.414 e. The summed E-state index contributed by atoms with van der Waals surface area (Å²) >= 11 is 0. The molecule has 1 fully saturated rings. The summed E-state index contributed by atoms with van der Waals surface area (Å²) in [6, 6.07) is 4.11. The van der Waals surface area contributed by atoms with Gasteiger partial charge >= 0.3 is 12.2 Å². The average Bonchev–Trinajstić information content (AvgIpc) is 3.26. The first-order chi connectivity index (χ1) is 12.5. The van der Waals surface area contributed by atoms with Gasteiger partial charge in [0, 0.05) is 0 Å². The van der Waals surface area contributed by atoms with Gasteiger partial charge in [0.05, 0.1) is 38.1 Å². The van der Waals surface area contributed by atoms with E-state index in [1.165, 1.54) is 30.4 Å². The highest BCUT2D eigenvalue weighted by atomic mass is 19.1. The van der Waals surface area contributed by atoms with Crippen LogP contribution in [0.1, 0.15) is 5.69 Å². The van der Waals surface area contributed by atoms with Gasteiger partial charge in [0.15, 0.2) is 0 Å². The van der Waals surface area contributed by atoms with E-state index in [0.29, 0.717) is 5.69 Å². The molecule has 1 saturated heterocycles. The third-order valence-corrected chi connectivity index (χ3v) is 3.74. The Morgan fingerprint density at radius 1 is 1.54 bits per heavy atom. The van der Waals surface area contributed by atoms with Crippen molar-refractivity contribution >= 4 is 17.9 Å². The molecule has 0 aliphatic carbocycles. The summed E-state index contributed by atoms with van der Waals surface area (Å²) in [5.41, 5.74) is 0.684. The zero-order valence-electron chi connectivity index (χ0n) is 13.8. The number of carbonyl (C=O) groups excluding carboxylic acids is 2. The summed E-state index contributed by atoms with van der Waals surface area (Å²) in [5.74, 6) is -0.611. The minimum atomic E-state index is -0.646. The highest BCUT2D eigenvalue weighted by Crippen LogP contribution is 2.28. The first-order valence-electron chi connectivity index (χ1n) is 7.67. The molecule has 1 aromatic carbocycles. The number of oxazole rings is 1. The van der Waals surface area contributed by atoms with Crippen LogP contribution in [-0.2, 0) is 16.1 Å². The third-order valence-electron chi connectivity index (χ3n) is 3.74. The number of hydrogen-bond acceptors (Lipinski definition) is 7. The Bertz CT molecular complexity index is 824. The largest absolute Gasteiger partial charge is 0.453 e. The Hall–Kier alpha value is -3.14. The number of nitrogens with zero attached hydrogens (tertiary/aromatic N) is 2. The van der Waals surface area contributed by atoms with Gasteiger partial charge < -0.3 is 24.3 Å². The number of anilines is 1. The lowest BCUT2D eigenvalue weighted by molar-refractivity contribution is 0.132. The third kappa shape index (κ3) is 3.59. The maximum absolute atomic E-state index is 14.4. The molecule has 1 unspecified atom stereocenters. The molecule has 26 heavy (non-hydrogen) atoms. The summed E-state index contributed by atoms with van der Waals surface area (Å²) in [6.07, 6.45) is -0.627. The van der Waals surface area contributed by atoms with Crippen molar-refractivity contribution in [2.24, 2.45) is 0 Å². The van der Waals surface area contributed by atoms with Gasteiger partial charge in [-0.25, -0.2) is 19.0 Å². The van der Waals surface area contributed by atoms with E-state index < -0.39 is 24.1 Å². The number of nitrogens with one attached hydrogen (secondary N) is 1. The molecule has 2 amide bonds. The average molecular weight is 365 g/mol. The molecule has 1 aliphatic heterocycles. The predicted molar refractivity (Wildman–Crippen MR) is 85.8 cm³/mol. The SMILES string of the molecule is COC(=O)NCC1CN(c2ccc(-c3nc(CO)co3)c(F)c2)C(=O)O1. The molecular weight excluding hydrogens is 349 g/mol. The van der Waals surface area contributed by atoms with E-state index in [-0.39, 0.29) is 36.8 Å². The fourth-order valence-electron chi connectivity index (χ4n) is 2.46. The number of cyclic esters (lactones) is 1. The van der Waals surface area contributed by atoms with Crippen molar-refractivity contribution in [1.82, 2.24) is 10.3 Å². The fraction of sp³-hybridized carbons (Fsp3) is 0.312. The predicted octanol–water partition coefficient (Wildman–Crippen LogP) is 1.65. The standard InChI is InChI=1S/C16H16FN3O6/c1-24-15(22)18-5-11-6-20(16(23)26-11)10-2-3-12(13(17)4-10)14-19-9(7-21)8-25-14/h2-4,8,11,21H,5-7H2,1H3,(H,18,22). The fourth-order valence-corrected chi connectivity index (χ4v) is 2.46. The van der Waals surface area contributed by atoms with Crippen LogP contribution in [0.15, 0.2) is 28.9 Å². The minimum Gasteiger partial charge on any atom is -0.453 e. The highest BCUT2D eigenvalue weighted by Gasteiger charge is 2.33. The molecule has 138 valence electrons. The second kappa shape index (κ2) is 7.40. The van der Waals surface area contributed by atoms with Gasteiger partial charge in [-0.3, -0.25) is 4.90 Å². The lowest BCUT2D eigenvalue weighted by Gasteiger charge is -2.14. The summed E-state index contributed by atoms with van der Waals surface area (Å²) in [4.78, 5) is 28.3. The number of alkyl carbamates (subject to hydrolysis) is 1. The van der Waals surface area contributed by atoms with E-state index in [9.17, 15) is 14.0 Å². The number of methoxy groups -OCH3 is 1. The Kier molecular flexibility index (Phi) is 5.03. The normalized spacial score (nSPS) is 16.5. The van der Waals surface area contributed by atoms with Crippen molar-refractivity contribution in [1.29, 1.82) is 0 Å². The Morgan fingerprint density at radius 3 is 3.00 bits per heavy atom. The zero-order valence-corrected chi connectivity index (χ0v) is 13.8. The summed E-state index contributed by atoms with van der Waals surface area (Å²) in [5, 5.41) is 11.4. The van der Waals surface area contributed by atoms with Gasteiger partial charge in [0.25, 0.3) is 0 Å². The van der Waals surface area contributed by atoms with Crippen LogP contribution in [0.25, 0.3) is 11.5 Å². The Balaban J connectivity index is 1.72. The number of hydrogen-bond donors (Lipinski definition) is 2. The first kappa shape index (κ1) is 17.7. The molecular formula is C16H16FN3O6. The van der Waals surface area contributed by atoms with Gasteiger partial charge in [0.1, 0.15) is 23.9 Å². The summed E-state index contributed by atoms with van der Waals surface area (Å²) < 4.78 is 29.1. The first-order valence-corrected chi connectivity index (χ1v) is 7.67. The second-order valence-corrected chi connectivity index (χ2v) is 5.46. The van der Waals surface area contributed by atoms with Crippen LogP contribution in [0.3, 0.4) is 0 Å². The van der Waals surface area contributed by atoms with E-state index in [1.807, 2.05) is 0 Å². The van der Waals surface area contributed by atoms with Gasteiger partial charge in [-0.2, -0.15) is 0 Å². The minimum absolute atomic E-state index is 0.0299. The molecule has 0 bridgehead atoms. The highest BCUT2D eigenvalue weighted by molar-refractivity contribution is 5.90. The molecule has 2 N–H and O–H groups in total. The van der Waals surface area contributed by atoms with Crippen LogP contribution in [0.5, 0.6) is 0 Å². The quantitative estimate of drug-likeness (QED) is 0.828. The summed E-state index contributed by atoms with van der Waals surface area (Å²) in [6.45, 7) is -0.0885. The van der Waals surface area contributed by atoms with Crippen LogP contribution >= 0.6 is 0 Å². The maximum Gasteiger partial charge on any atom is 0.414 e. The van der Waals surface area contributed by atoms with Crippen molar-refractivity contribution in [2.75, 3.05) is 25.1 Å². The van der Waals surface area contributed by atoms with Crippen molar-refractivity contribution in [3.63, 3.8) is 0 Å². The Labute approximate surface area is 147 Å². The molecule has 0 spiro atoms. The van der Waals surface area contributed by atoms with Crippen molar-refractivity contribution in [3.8, 4) is 11.5 Å². The Morgan fingerprint density at radius 2 is 2.35 bits per heavy atom. The monoisotopic (exact) mass is 365 g/mol. The molecule has 1 atom stereocenters. The number of ether oxygens (including phenoxy) is 2. The topological polar surface area (TPSA) is 114 Å². The maximum atomic E-state index is 14.4. The van der Waals surface area contributed by atoms with Crippen LogP contribution in [0, 0.1) is 5.82 Å². The molecule has 2 aromatic rings. The summed E-state index contributed by atoms with van der Waals surface area (Å²) in [7, 11) is 1.23. The number of carbonyl (C=O) groups is 2. The number of rotatable bonds is 5. The number of aliphatic hydroxyl groups excluding tert-OH is 1. The number of aliphatic hydroxyl groups is 1. The van der Waals surface area contributed by atoms with Crippen molar-refractivity contribution < 1.29 is 33.0 Å². The van der Waals surface area contributed by atoms with E-state index in [1.54, 1.807) is 0 Å². The number of amides is 2. The van der Waals surface area contributed by atoms with Gasteiger partial charge in [-0.15, -0.1) is 0 Å². The van der Waals surface area contributed by atoms with Crippen LogP contribution in [0.4, 0.5) is 19.7 Å². The van der Waals surface area contributed by atoms with Crippen molar-refractivity contribution in [2.45, 2.75) is 12.7 Å². The lowest BCUT2D eigenvalue weighted by atomic mass is 10.1. The number of halogens is 1. The molecule has 1 aliphatic rings. The number of benzene rings is 1. The van der Waals surface area contributed by atoms with Crippen LogP contribution in [0.2, 0.25) is 0 Å². The second-order valence-electron chi connectivity index (χ2n) is 5.46. The molecule has 0 radical (unpaired) electrons. The van der Waals surface area contributed by atoms with E-state index >= 15 is 0 Å². The molecule has 10 heteroatoms. The van der Waals surface area contributed by atoms with Crippen LogP contribution < -0.4 is 10.2 Å². The lowest BCUT2D eigenvalue weighted by Crippen LogP contribution is -2.34. The molecule has 9 nitrogen and oxygen atoms in total. The number of aromatic nitrogens is 1. The van der Waals surface area contributed by atoms with E-state index in [2.05, 4.69) is 15.0 Å². The van der Waals surface area contributed by atoms with Gasteiger partial charge in [0.2, 0.25) is 5.89 Å². The van der Waals surface area contributed by atoms with Gasteiger partial charge in [-0.05, 0) is 18.2 Å². The molecule has 2 heterocycles.